The number of hydrogen-bond acceptors (Lipinski definition) is 4. The molecule has 0 amide bonds. The lowest BCUT2D eigenvalue weighted by atomic mass is 10.1. The van der Waals surface area contributed by atoms with E-state index in [-0.39, 0.29) is 6.04 Å². The number of ether oxygens (including phenoxy) is 1. The van der Waals surface area contributed by atoms with E-state index in [2.05, 4.69) is 12.2 Å². The first-order valence-corrected chi connectivity index (χ1v) is 9.45. The molecule has 2 aliphatic heterocycles. The standard InChI is InChI=1S/C14H29N3O3S/c1-3-15-10-14-6-4-5-8-17(14)21(18,19)16-9-7-13(11-16)12-20-2/h13-15H,3-12H2,1-2H3. The van der Waals surface area contributed by atoms with Gasteiger partial charge in [0.25, 0.3) is 10.2 Å². The van der Waals surface area contributed by atoms with Crippen molar-refractivity contribution in [3.8, 4) is 0 Å². The van der Waals surface area contributed by atoms with Gasteiger partial charge in [-0.3, -0.25) is 0 Å². The van der Waals surface area contributed by atoms with Gasteiger partial charge in [0.1, 0.15) is 0 Å². The molecule has 2 atom stereocenters. The second-order valence-corrected chi connectivity index (χ2v) is 7.92. The van der Waals surface area contributed by atoms with Crippen molar-refractivity contribution in [3.63, 3.8) is 0 Å². The number of rotatable bonds is 7. The van der Waals surface area contributed by atoms with Crippen molar-refractivity contribution in [3.05, 3.63) is 0 Å². The molecule has 7 heteroatoms. The molecule has 0 aromatic heterocycles. The van der Waals surface area contributed by atoms with Crippen LogP contribution in [0, 0.1) is 5.92 Å². The van der Waals surface area contributed by atoms with E-state index in [0.717, 1.165) is 38.8 Å². The molecule has 124 valence electrons. The molecule has 0 bridgehead atoms. The number of piperidine rings is 1. The van der Waals surface area contributed by atoms with Gasteiger partial charge in [-0.05, 0) is 31.7 Å². The molecule has 0 aromatic carbocycles. The van der Waals surface area contributed by atoms with Crippen LogP contribution in [0.25, 0.3) is 0 Å². The fourth-order valence-corrected chi connectivity index (χ4v) is 5.27. The molecule has 1 N–H and O–H groups in total. The van der Waals surface area contributed by atoms with E-state index in [9.17, 15) is 8.42 Å². The van der Waals surface area contributed by atoms with Crippen LogP contribution in [-0.4, -0.2) is 69.5 Å². The van der Waals surface area contributed by atoms with Gasteiger partial charge >= 0.3 is 0 Å². The van der Waals surface area contributed by atoms with Crippen molar-refractivity contribution in [1.82, 2.24) is 13.9 Å². The van der Waals surface area contributed by atoms with Crippen LogP contribution >= 0.6 is 0 Å². The number of methoxy groups -OCH3 is 1. The van der Waals surface area contributed by atoms with Gasteiger partial charge in [0.05, 0.1) is 6.61 Å². The molecule has 0 aromatic rings. The van der Waals surface area contributed by atoms with Crippen LogP contribution in [-0.2, 0) is 14.9 Å². The average molecular weight is 319 g/mol. The van der Waals surface area contributed by atoms with Crippen LogP contribution in [0.4, 0.5) is 0 Å². The third kappa shape index (κ3) is 4.16. The lowest BCUT2D eigenvalue weighted by Crippen LogP contribution is -2.53. The van der Waals surface area contributed by atoms with E-state index in [1.54, 1.807) is 15.7 Å². The quantitative estimate of drug-likeness (QED) is 0.749. The zero-order valence-electron chi connectivity index (χ0n) is 13.3. The Bertz CT molecular complexity index is 416. The van der Waals surface area contributed by atoms with Crippen molar-refractivity contribution in [2.75, 3.05) is 46.4 Å². The Balaban J connectivity index is 2.02. The summed E-state index contributed by atoms with van der Waals surface area (Å²) in [4.78, 5) is 0. The zero-order valence-corrected chi connectivity index (χ0v) is 14.1. The van der Waals surface area contributed by atoms with Crippen LogP contribution in [0.15, 0.2) is 0 Å². The minimum absolute atomic E-state index is 0.102. The van der Waals surface area contributed by atoms with E-state index in [1.807, 2.05) is 0 Å². The molecule has 2 rings (SSSR count). The molecule has 2 fully saturated rings. The molecular formula is C14H29N3O3S. The van der Waals surface area contributed by atoms with Crippen molar-refractivity contribution in [2.45, 2.75) is 38.6 Å². The van der Waals surface area contributed by atoms with E-state index in [0.29, 0.717) is 32.2 Å². The first-order valence-electron chi connectivity index (χ1n) is 8.06. The Morgan fingerprint density at radius 3 is 2.76 bits per heavy atom. The Labute approximate surface area is 129 Å². The monoisotopic (exact) mass is 319 g/mol. The minimum atomic E-state index is -3.32. The summed E-state index contributed by atoms with van der Waals surface area (Å²) in [5, 5.41) is 3.30. The highest BCUT2D eigenvalue weighted by Crippen LogP contribution is 2.26. The molecular weight excluding hydrogens is 290 g/mol. The summed E-state index contributed by atoms with van der Waals surface area (Å²) >= 11 is 0. The molecule has 6 nitrogen and oxygen atoms in total. The van der Waals surface area contributed by atoms with Gasteiger partial charge in [-0.25, -0.2) is 0 Å². The largest absolute Gasteiger partial charge is 0.384 e. The normalized spacial score (nSPS) is 29.0. The molecule has 0 radical (unpaired) electrons. The summed E-state index contributed by atoms with van der Waals surface area (Å²) in [6.07, 6.45) is 3.95. The third-order valence-corrected chi connectivity index (χ3v) is 6.53. The second kappa shape index (κ2) is 7.87. The predicted octanol–water partition coefficient (Wildman–Crippen LogP) is 0.664. The Hall–Kier alpha value is -0.210. The van der Waals surface area contributed by atoms with Crippen LogP contribution in [0.1, 0.15) is 32.6 Å². The van der Waals surface area contributed by atoms with Gasteiger partial charge in [-0.2, -0.15) is 17.0 Å². The van der Waals surface area contributed by atoms with Crippen LogP contribution < -0.4 is 5.32 Å². The summed E-state index contributed by atoms with van der Waals surface area (Å²) in [5.74, 6) is 0.335. The van der Waals surface area contributed by atoms with Gasteiger partial charge in [0, 0.05) is 39.3 Å². The maximum atomic E-state index is 12.9. The maximum Gasteiger partial charge on any atom is 0.282 e. The van der Waals surface area contributed by atoms with Crippen molar-refractivity contribution in [2.24, 2.45) is 5.92 Å². The Kier molecular flexibility index (Phi) is 6.43. The van der Waals surface area contributed by atoms with Crippen LogP contribution in [0.5, 0.6) is 0 Å². The number of likely N-dealkylation sites (N-methyl/N-ethyl adjacent to an activating group) is 1. The van der Waals surface area contributed by atoms with Gasteiger partial charge in [-0.15, -0.1) is 0 Å². The van der Waals surface area contributed by atoms with Gasteiger partial charge in [0.15, 0.2) is 0 Å². The van der Waals surface area contributed by atoms with E-state index in [4.69, 9.17) is 4.74 Å². The Morgan fingerprint density at radius 2 is 2.05 bits per heavy atom. The number of hydrogen-bond donors (Lipinski definition) is 1. The first kappa shape index (κ1) is 17.1. The highest BCUT2D eigenvalue weighted by molar-refractivity contribution is 7.86. The van der Waals surface area contributed by atoms with Crippen molar-refractivity contribution < 1.29 is 13.2 Å². The van der Waals surface area contributed by atoms with E-state index < -0.39 is 10.2 Å². The maximum absolute atomic E-state index is 12.9. The lowest BCUT2D eigenvalue weighted by Gasteiger charge is -2.37. The summed E-state index contributed by atoms with van der Waals surface area (Å²) in [6, 6.07) is 0.102. The SMILES string of the molecule is CCNCC1CCCCN1S(=O)(=O)N1CCC(COC)C1. The molecule has 21 heavy (non-hydrogen) atoms. The summed E-state index contributed by atoms with van der Waals surface area (Å²) in [6.45, 7) is 6.21. The van der Waals surface area contributed by atoms with Crippen LogP contribution in [0.3, 0.4) is 0 Å². The van der Waals surface area contributed by atoms with Crippen molar-refractivity contribution in [1.29, 1.82) is 0 Å². The van der Waals surface area contributed by atoms with Gasteiger partial charge in [0.2, 0.25) is 0 Å². The van der Waals surface area contributed by atoms with Gasteiger partial charge in [-0.1, -0.05) is 13.3 Å². The smallest absolute Gasteiger partial charge is 0.282 e. The fourth-order valence-electron chi connectivity index (χ4n) is 3.32. The predicted molar refractivity (Wildman–Crippen MR) is 83.4 cm³/mol. The molecule has 0 saturated carbocycles. The molecule has 2 unspecified atom stereocenters. The average Bonchev–Trinajstić information content (AvgIpc) is 2.95. The third-order valence-electron chi connectivity index (χ3n) is 4.48. The van der Waals surface area contributed by atoms with Crippen LogP contribution in [0.2, 0.25) is 0 Å². The number of nitrogens with zero attached hydrogens (tertiary/aromatic N) is 2. The highest BCUT2D eigenvalue weighted by atomic mass is 32.2. The Morgan fingerprint density at radius 1 is 1.24 bits per heavy atom. The summed E-state index contributed by atoms with van der Waals surface area (Å²) in [7, 11) is -1.65. The highest BCUT2D eigenvalue weighted by Gasteiger charge is 2.39. The zero-order chi connectivity index (χ0) is 15.3. The first-order chi connectivity index (χ1) is 10.1. The molecule has 0 spiro atoms. The molecule has 0 aliphatic carbocycles. The van der Waals surface area contributed by atoms with Crippen molar-refractivity contribution >= 4 is 10.2 Å². The molecule has 2 heterocycles. The fraction of sp³-hybridized carbons (Fsp3) is 1.00. The lowest BCUT2D eigenvalue weighted by molar-refractivity contribution is 0.156. The van der Waals surface area contributed by atoms with E-state index in [1.165, 1.54) is 0 Å². The summed E-state index contributed by atoms with van der Waals surface area (Å²) < 4.78 is 34.3. The number of nitrogens with one attached hydrogen (secondary N) is 1. The topological polar surface area (TPSA) is 61.9 Å². The molecule has 2 saturated heterocycles. The summed E-state index contributed by atoms with van der Waals surface area (Å²) in [5.41, 5.74) is 0. The second-order valence-electron chi connectivity index (χ2n) is 6.04. The minimum Gasteiger partial charge on any atom is -0.384 e. The van der Waals surface area contributed by atoms with Gasteiger partial charge < -0.3 is 10.1 Å². The molecule has 2 aliphatic rings. The van der Waals surface area contributed by atoms with E-state index >= 15 is 0 Å².